The van der Waals surface area contributed by atoms with E-state index in [9.17, 15) is 14.7 Å². The van der Waals surface area contributed by atoms with Gasteiger partial charge >= 0.3 is 5.97 Å². The van der Waals surface area contributed by atoms with Crippen molar-refractivity contribution in [1.82, 2.24) is 19.9 Å². The van der Waals surface area contributed by atoms with Crippen molar-refractivity contribution in [3.05, 3.63) is 70.8 Å². The summed E-state index contributed by atoms with van der Waals surface area (Å²) in [6, 6.07) is 8.69. The second-order valence-corrected chi connectivity index (χ2v) is 8.44. The van der Waals surface area contributed by atoms with Gasteiger partial charge < -0.3 is 25.0 Å². The highest BCUT2D eigenvalue weighted by Crippen LogP contribution is 2.22. The van der Waals surface area contributed by atoms with Gasteiger partial charge in [-0.2, -0.15) is 0 Å². The lowest BCUT2D eigenvalue weighted by molar-refractivity contribution is -0.137. The maximum atomic E-state index is 13.0. The Hall–Kier alpha value is -3.88. The maximum absolute atomic E-state index is 13.0. The SMILES string of the molecule is COc1ccc([C@H](CC(=O)O)NC(=O)c2cc(CCc3ccc4c(n3)NCCC4)cn2C)cn1. The van der Waals surface area contributed by atoms with E-state index in [4.69, 9.17) is 9.72 Å². The highest BCUT2D eigenvalue weighted by Gasteiger charge is 2.21. The highest BCUT2D eigenvalue weighted by molar-refractivity contribution is 5.93. The van der Waals surface area contributed by atoms with Gasteiger partial charge in [-0.3, -0.25) is 9.59 Å². The molecule has 3 aromatic heterocycles. The van der Waals surface area contributed by atoms with Gasteiger partial charge in [-0.1, -0.05) is 12.1 Å². The number of fused-ring (bicyclic) bond motifs is 1. The summed E-state index contributed by atoms with van der Waals surface area (Å²) >= 11 is 0. The Bertz CT molecular complexity index is 1170. The first-order valence-electron chi connectivity index (χ1n) is 11.3. The standard InChI is InChI=1S/C25H29N5O4/c1-30-15-16(5-8-19-9-6-17-4-3-11-26-24(17)28-19)12-21(30)25(33)29-20(13-23(31)32)18-7-10-22(34-2)27-14-18/h6-7,9-10,12,14-15,20H,3-5,8,11,13H2,1-2H3,(H,26,28)(H,29,33)(H,31,32)/t20-/m0/s1. The number of carboxylic acids is 1. The van der Waals surface area contributed by atoms with Crippen LogP contribution in [0, 0.1) is 0 Å². The lowest BCUT2D eigenvalue weighted by Gasteiger charge is -2.17. The van der Waals surface area contributed by atoms with Gasteiger partial charge in [0, 0.05) is 37.7 Å². The van der Waals surface area contributed by atoms with Crippen molar-refractivity contribution in [3.8, 4) is 5.88 Å². The number of aliphatic carboxylic acids is 1. The number of methoxy groups -OCH3 is 1. The Morgan fingerprint density at radius 2 is 2.12 bits per heavy atom. The number of nitrogens with one attached hydrogen (secondary N) is 2. The summed E-state index contributed by atoms with van der Waals surface area (Å²) in [4.78, 5) is 33.3. The molecule has 0 spiro atoms. The van der Waals surface area contributed by atoms with E-state index in [1.165, 1.54) is 18.9 Å². The number of aromatic nitrogens is 3. The molecule has 0 saturated heterocycles. The Morgan fingerprint density at radius 1 is 1.26 bits per heavy atom. The molecule has 34 heavy (non-hydrogen) atoms. The number of hydrogen-bond donors (Lipinski definition) is 3. The summed E-state index contributed by atoms with van der Waals surface area (Å²) in [7, 11) is 3.31. The molecular weight excluding hydrogens is 434 g/mol. The Kier molecular flexibility index (Phi) is 7.10. The third-order valence-electron chi connectivity index (χ3n) is 5.97. The van der Waals surface area contributed by atoms with E-state index >= 15 is 0 Å². The van der Waals surface area contributed by atoms with E-state index < -0.39 is 12.0 Å². The van der Waals surface area contributed by atoms with E-state index in [0.717, 1.165) is 49.3 Å². The maximum Gasteiger partial charge on any atom is 0.305 e. The summed E-state index contributed by atoms with van der Waals surface area (Å²) in [6.07, 6.45) is 6.88. The van der Waals surface area contributed by atoms with Crippen LogP contribution in [0.15, 0.2) is 42.7 Å². The number of carboxylic acid groups (broad SMARTS) is 1. The zero-order valence-electron chi connectivity index (χ0n) is 19.4. The van der Waals surface area contributed by atoms with Crippen LogP contribution in [0.25, 0.3) is 0 Å². The fraction of sp³-hybridized carbons (Fsp3) is 0.360. The first kappa shape index (κ1) is 23.3. The highest BCUT2D eigenvalue weighted by atomic mass is 16.5. The van der Waals surface area contributed by atoms with Crippen LogP contribution < -0.4 is 15.4 Å². The van der Waals surface area contributed by atoms with Crippen LogP contribution in [0.2, 0.25) is 0 Å². The number of aryl methyl sites for hydroxylation is 4. The monoisotopic (exact) mass is 463 g/mol. The molecule has 1 atom stereocenters. The number of amides is 1. The van der Waals surface area contributed by atoms with Crippen molar-refractivity contribution in [1.29, 1.82) is 0 Å². The molecule has 0 fully saturated rings. The lowest BCUT2D eigenvalue weighted by Crippen LogP contribution is -2.31. The summed E-state index contributed by atoms with van der Waals surface area (Å²) in [5.74, 6) is 0.0439. The molecule has 1 aliphatic heterocycles. The van der Waals surface area contributed by atoms with Crippen LogP contribution in [0.4, 0.5) is 5.82 Å². The van der Waals surface area contributed by atoms with Gasteiger partial charge in [-0.15, -0.1) is 0 Å². The summed E-state index contributed by atoms with van der Waals surface area (Å²) in [5.41, 5.74) is 4.35. The molecule has 178 valence electrons. The zero-order chi connectivity index (χ0) is 24.1. The van der Waals surface area contributed by atoms with Gasteiger partial charge in [-0.05, 0) is 54.5 Å². The average molecular weight is 464 g/mol. The van der Waals surface area contributed by atoms with Crippen molar-refractivity contribution in [2.24, 2.45) is 7.05 Å². The van der Waals surface area contributed by atoms with Gasteiger partial charge in [0.05, 0.1) is 19.6 Å². The predicted octanol–water partition coefficient (Wildman–Crippen LogP) is 2.91. The summed E-state index contributed by atoms with van der Waals surface area (Å²) in [5, 5.41) is 15.5. The number of carbonyl (C=O) groups is 2. The zero-order valence-corrected chi connectivity index (χ0v) is 19.4. The minimum Gasteiger partial charge on any atom is -0.481 e. The minimum atomic E-state index is -1.01. The molecule has 0 unspecified atom stereocenters. The van der Waals surface area contributed by atoms with E-state index in [2.05, 4.69) is 27.8 Å². The van der Waals surface area contributed by atoms with Crippen LogP contribution in [-0.2, 0) is 31.1 Å². The molecule has 1 aliphatic rings. The smallest absolute Gasteiger partial charge is 0.305 e. The fourth-order valence-electron chi connectivity index (χ4n) is 4.15. The number of pyridine rings is 2. The number of hydrogen-bond acceptors (Lipinski definition) is 6. The molecule has 9 heteroatoms. The second kappa shape index (κ2) is 10.4. The van der Waals surface area contributed by atoms with Crippen molar-refractivity contribution in [3.63, 3.8) is 0 Å². The molecule has 0 aliphatic carbocycles. The topological polar surface area (TPSA) is 118 Å². The van der Waals surface area contributed by atoms with E-state index in [-0.39, 0.29) is 12.3 Å². The number of carbonyl (C=O) groups excluding carboxylic acids is 1. The van der Waals surface area contributed by atoms with Crippen LogP contribution in [-0.4, -0.2) is 45.2 Å². The number of rotatable bonds is 9. The quantitative estimate of drug-likeness (QED) is 0.446. The fourth-order valence-corrected chi connectivity index (χ4v) is 4.15. The molecule has 3 aromatic rings. The van der Waals surface area contributed by atoms with Crippen LogP contribution >= 0.6 is 0 Å². The molecule has 1 amide bonds. The molecule has 3 N–H and O–H groups in total. The second-order valence-electron chi connectivity index (χ2n) is 8.44. The van der Waals surface area contributed by atoms with E-state index in [1.54, 1.807) is 23.7 Å². The predicted molar refractivity (Wildman–Crippen MR) is 127 cm³/mol. The third kappa shape index (κ3) is 5.54. The lowest BCUT2D eigenvalue weighted by atomic mass is 10.0. The van der Waals surface area contributed by atoms with E-state index in [0.29, 0.717) is 17.1 Å². The van der Waals surface area contributed by atoms with Gasteiger partial charge in [0.15, 0.2) is 0 Å². The molecular formula is C25H29N5O4. The number of ether oxygens (including phenoxy) is 1. The normalized spacial score (nSPS) is 13.5. The molecule has 0 aromatic carbocycles. The molecule has 0 saturated carbocycles. The summed E-state index contributed by atoms with van der Waals surface area (Å²) in [6.45, 7) is 0.954. The van der Waals surface area contributed by atoms with Gasteiger partial charge in [0.25, 0.3) is 5.91 Å². The first-order chi connectivity index (χ1) is 16.4. The Morgan fingerprint density at radius 3 is 2.85 bits per heavy atom. The first-order valence-corrected chi connectivity index (χ1v) is 11.3. The molecule has 9 nitrogen and oxygen atoms in total. The third-order valence-corrected chi connectivity index (χ3v) is 5.97. The molecule has 0 radical (unpaired) electrons. The van der Waals surface area contributed by atoms with Crippen molar-refractivity contribution >= 4 is 17.7 Å². The number of nitrogens with zero attached hydrogens (tertiary/aromatic N) is 3. The van der Waals surface area contributed by atoms with Crippen molar-refractivity contribution in [2.45, 2.75) is 38.1 Å². The van der Waals surface area contributed by atoms with Gasteiger partial charge in [0.2, 0.25) is 5.88 Å². The van der Waals surface area contributed by atoms with Gasteiger partial charge in [-0.25, -0.2) is 9.97 Å². The summed E-state index contributed by atoms with van der Waals surface area (Å²) < 4.78 is 6.82. The largest absolute Gasteiger partial charge is 0.481 e. The van der Waals surface area contributed by atoms with E-state index in [1.807, 2.05) is 12.3 Å². The number of anilines is 1. The Balaban J connectivity index is 1.43. The molecule has 4 rings (SSSR count). The van der Waals surface area contributed by atoms with Crippen LogP contribution in [0.3, 0.4) is 0 Å². The Labute approximate surface area is 198 Å². The van der Waals surface area contributed by atoms with Crippen molar-refractivity contribution in [2.75, 3.05) is 19.0 Å². The average Bonchev–Trinajstić information content (AvgIpc) is 3.22. The van der Waals surface area contributed by atoms with Crippen LogP contribution in [0.5, 0.6) is 5.88 Å². The molecule has 0 bridgehead atoms. The van der Waals surface area contributed by atoms with Gasteiger partial charge in [0.1, 0.15) is 11.5 Å². The van der Waals surface area contributed by atoms with Crippen molar-refractivity contribution < 1.29 is 19.4 Å². The minimum absolute atomic E-state index is 0.255. The molecule has 4 heterocycles. The van der Waals surface area contributed by atoms with Crippen LogP contribution in [0.1, 0.15) is 51.8 Å².